The second kappa shape index (κ2) is 8.96. The van der Waals surface area contributed by atoms with Crippen molar-refractivity contribution in [1.29, 1.82) is 0 Å². The van der Waals surface area contributed by atoms with E-state index in [0.29, 0.717) is 12.5 Å². The van der Waals surface area contributed by atoms with Crippen molar-refractivity contribution in [2.45, 2.75) is 58.0 Å². The summed E-state index contributed by atoms with van der Waals surface area (Å²) in [5, 5.41) is 10.2. The number of nitrogens with two attached hydrogens (primary N) is 1. The van der Waals surface area contributed by atoms with E-state index in [1.165, 1.54) is 25.7 Å². The van der Waals surface area contributed by atoms with Gasteiger partial charge >= 0.3 is 0 Å². The van der Waals surface area contributed by atoms with Crippen molar-refractivity contribution >= 4 is 29.9 Å². The van der Waals surface area contributed by atoms with Gasteiger partial charge in [-0.25, -0.2) is 0 Å². The maximum atomic E-state index is 10.2. The predicted molar refractivity (Wildman–Crippen MR) is 87.5 cm³/mol. The van der Waals surface area contributed by atoms with Gasteiger partial charge < -0.3 is 15.7 Å². The molecule has 0 radical (unpaired) electrons. The van der Waals surface area contributed by atoms with Crippen LogP contribution in [0, 0.1) is 0 Å². The first kappa shape index (κ1) is 18.0. The van der Waals surface area contributed by atoms with Crippen molar-refractivity contribution in [3.63, 3.8) is 0 Å². The van der Waals surface area contributed by atoms with Gasteiger partial charge in [0, 0.05) is 13.1 Å². The first-order valence-corrected chi connectivity index (χ1v) is 6.88. The van der Waals surface area contributed by atoms with E-state index in [9.17, 15) is 5.11 Å². The van der Waals surface area contributed by atoms with Gasteiger partial charge in [-0.1, -0.05) is 26.7 Å². The Morgan fingerprint density at radius 3 is 2.11 bits per heavy atom. The van der Waals surface area contributed by atoms with Gasteiger partial charge in [0.1, 0.15) is 0 Å². The highest BCUT2D eigenvalue weighted by Gasteiger charge is 2.22. The SMILES string of the molecule is CCC(O)(CC)CN=C(N)N1CCCCCC1.I. The molecular weight excluding hydrogens is 341 g/mol. The van der Waals surface area contributed by atoms with Crippen LogP contribution in [-0.2, 0) is 0 Å². The topological polar surface area (TPSA) is 61.9 Å². The third-order valence-corrected chi connectivity index (χ3v) is 3.78. The summed E-state index contributed by atoms with van der Waals surface area (Å²) in [5.74, 6) is 0.604. The van der Waals surface area contributed by atoms with Crippen LogP contribution in [0.15, 0.2) is 4.99 Å². The van der Waals surface area contributed by atoms with Crippen molar-refractivity contribution in [3.8, 4) is 0 Å². The average molecular weight is 369 g/mol. The third-order valence-electron chi connectivity index (χ3n) is 3.78. The molecule has 18 heavy (non-hydrogen) atoms. The summed E-state index contributed by atoms with van der Waals surface area (Å²) in [4.78, 5) is 6.53. The van der Waals surface area contributed by atoms with E-state index in [1.54, 1.807) is 0 Å². The van der Waals surface area contributed by atoms with Crippen LogP contribution >= 0.6 is 24.0 Å². The van der Waals surface area contributed by atoms with E-state index < -0.39 is 5.60 Å². The summed E-state index contributed by atoms with van der Waals surface area (Å²) in [6.07, 6.45) is 6.42. The van der Waals surface area contributed by atoms with E-state index in [4.69, 9.17) is 5.73 Å². The van der Waals surface area contributed by atoms with E-state index >= 15 is 0 Å². The van der Waals surface area contributed by atoms with Gasteiger partial charge in [-0.05, 0) is 25.7 Å². The molecule has 0 bridgehead atoms. The van der Waals surface area contributed by atoms with Gasteiger partial charge in [0.15, 0.2) is 5.96 Å². The number of aliphatic hydroxyl groups is 1. The highest BCUT2D eigenvalue weighted by molar-refractivity contribution is 14.0. The molecule has 1 saturated heterocycles. The number of nitrogens with zero attached hydrogens (tertiary/aromatic N) is 2. The van der Waals surface area contributed by atoms with Gasteiger partial charge in [-0.3, -0.25) is 4.99 Å². The summed E-state index contributed by atoms with van der Waals surface area (Å²) in [7, 11) is 0. The molecule has 0 aromatic carbocycles. The maximum absolute atomic E-state index is 10.2. The van der Waals surface area contributed by atoms with Crippen LogP contribution in [0.2, 0.25) is 0 Å². The van der Waals surface area contributed by atoms with Crippen LogP contribution in [-0.4, -0.2) is 41.2 Å². The summed E-state index contributed by atoms with van der Waals surface area (Å²) in [5.41, 5.74) is 5.32. The zero-order chi connectivity index (χ0) is 12.7. The molecule has 1 aliphatic rings. The zero-order valence-corrected chi connectivity index (χ0v) is 14.0. The van der Waals surface area contributed by atoms with Crippen LogP contribution in [0.4, 0.5) is 0 Å². The van der Waals surface area contributed by atoms with Crippen LogP contribution < -0.4 is 5.73 Å². The molecule has 0 saturated carbocycles. The van der Waals surface area contributed by atoms with Gasteiger partial charge in [-0.15, -0.1) is 24.0 Å². The number of hydrogen-bond donors (Lipinski definition) is 2. The molecule has 5 heteroatoms. The number of guanidine groups is 1. The standard InChI is InChI=1S/C13H27N3O.HI/c1-3-13(17,4-2)11-15-12(14)16-9-7-5-6-8-10-16;/h17H,3-11H2,1-2H3,(H2,14,15);1H. The summed E-state index contributed by atoms with van der Waals surface area (Å²) in [6, 6.07) is 0. The molecular formula is C13H28IN3O. The average Bonchev–Trinajstić information content (AvgIpc) is 2.64. The second-order valence-corrected chi connectivity index (χ2v) is 5.01. The minimum Gasteiger partial charge on any atom is -0.388 e. The van der Waals surface area contributed by atoms with Crippen molar-refractivity contribution in [2.75, 3.05) is 19.6 Å². The Hall–Kier alpha value is -0.0400. The maximum Gasteiger partial charge on any atom is 0.191 e. The molecule has 1 rings (SSSR count). The predicted octanol–water partition coefficient (Wildman–Crippen LogP) is 2.35. The fourth-order valence-electron chi connectivity index (χ4n) is 2.10. The molecule has 0 aromatic rings. The number of aliphatic imine (C=N–C) groups is 1. The van der Waals surface area contributed by atoms with E-state index in [2.05, 4.69) is 9.89 Å². The van der Waals surface area contributed by atoms with Crippen LogP contribution in [0.3, 0.4) is 0 Å². The largest absolute Gasteiger partial charge is 0.388 e. The van der Waals surface area contributed by atoms with Crippen LogP contribution in [0.25, 0.3) is 0 Å². The van der Waals surface area contributed by atoms with Crippen molar-refractivity contribution in [2.24, 2.45) is 10.7 Å². The Labute approximate surface area is 128 Å². The quantitative estimate of drug-likeness (QED) is 0.454. The lowest BCUT2D eigenvalue weighted by molar-refractivity contribution is 0.0416. The summed E-state index contributed by atoms with van der Waals surface area (Å²) < 4.78 is 0. The first-order valence-electron chi connectivity index (χ1n) is 6.88. The minimum absolute atomic E-state index is 0. The summed E-state index contributed by atoms with van der Waals surface area (Å²) in [6.45, 7) is 6.41. The molecule has 0 unspecified atom stereocenters. The lowest BCUT2D eigenvalue weighted by Gasteiger charge is -2.25. The molecule has 0 aliphatic carbocycles. The van der Waals surface area contributed by atoms with Gasteiger partial charge in [-0.2, -0.15) is 0 Å². The number of halogens is 1. The number of likely N-dealkylation sites (tertiary alicyclic amines) is 1. The van der Waals surface area contributed by atoms with Crippen LogP contribution in [0.5, 0.6) is 0 Å². The zero-order valence-electron chi connectivity index (χ0n) is 11.7. The Balaban J connectivity index is 0.00000289. The fourth-order valence-corrected chi connectivity index (χ4v) is 2.10. The molecule has 0 atom stereocenters. The van der Waals surface area contributed by atoms with E-state index in [0.717, 1.165) is 25.9 Å². The Kier molecular flexibility index (Phi) is 8.94. The molecule has 3 N–H and O–H groups in total. The molecule has 1 fully saturated rings. The van der Waals surface area contributed by atoms with Crippen molar-refractivity contribution in [3.05, 3.63) is 0 Å². The molecule has 0 amide bonds. The first-order chi connectivity index (χ1) is 8.11. The molecule has 108 valence electrons. The smallest absolute Gasteiger partial charge is 0.191 e. The Morgan fingerprint density at radius 2 is 1.67 bits per heavy atom. The van der Waals surface area contributed by atoms with Gasteiger partial charge in [0.25, 0.3) is 0 Å². The third kappa shape index (κ3) is 5.73. The van der Waals surface area contributed by atoms with Crippen LogP contribution in [0.1, 0.15) is 52.4 Å². The molecule has 4 nitrogen and oxygen atoms in total. The number of hydrogen-bond acceptors (Lipinski definition) is 2. The van der Waals surface area contributed by atoms with Gasteiger partial charge in [0.05, 0.1) is 12.1 Å². The van der Waals surface area contributed by atoms with Gasteiger partial charge in [0.2, 0.25) is 0 Å². The molecule has 1 aliphatic heterocycles. The molecule has 1 heterocycles. The molecule has 0 aromatic heterocycles. The Morgan fingerprint density at radius 1 is 1.17 bits per heavy atom. The van der Waals surface area contributed by atoms with Crippen molar-refractivity contribution < 1.29 is 5.11 Å². The highest BCUT2D eigenvalue weighted by Crippen LogP contribution is 2.15. The molecule has 0 spiro atoms. The normalized spacial score (nSPS) is 18.2. The fraction of sp³-hybridized carbons (Fsp3) is 0.923. The Bertz CT molecular complexity index is 247. The van der Waals surface area contributed by atoms with E-state index in [1.807, 2.05) is 13.8 Å². The minimum atomic E-state index is -0.684. The summed E-state index contributed by atoms with van der Waals surface area (Å²) >= 11 is 0. The van der Waals surface area contributed by atoms with E-state index in [-0.39, 0.29) is 24.0 Å². The van der Waals surface area contributed by atoms with Crippen molar-refractivity contribution in [1.82, 2.24) is 4.90 Å². The number of rotatable bonds is 4. The lowest BCUT2D eigenvalue weighted by Crippen LogP contribution is -2.40. The lowest BCUT2D eigenvalue weighted by atomic mass is 9.98. The second-order valence-electron chi connectivity index (χ2n) is 5.01. The highest BCUT2D eigenvalue weighted by atomic mass is 127. The monoisotopic (exact) mass is 369 g/mol.